The molecule has 156 valence electrons. The maximum absolute atomic E-state index is 12.8. The molecule has 1 fully saturated rings. The smallest absolute Gasteiger partial charge is 0.433 e. The molecule has 0 saturated carbocycles. The first-order valence-electron chi connectivity index (χ1n) is 9.25. The maximum atomic E-state index is 12.8. The van der Waals surface area contributed by atoms with E-state index >= 15 is 0 Å². The van der Waals surface area contributed by atoms with Gasteiger partial charge in [-0.2, -0.15) is 13.2 Å². The van der Waals surface area contributed by atoms with E-state index in [4.69, 9.17) is 4.74 Å². The van der Waals surface area contributed by atoms with Crippen molar-refractivity contribution in [3.8, 4) is 5.75 Å². The molecule has 29 heavy (non-hydrogen) atoms. The molecule has 0 spiro atoms. The van der Waals surface area contributed by atoms with Gasteiger partial charge in [-0.05, 0) is 29.7 Å². The maximum Gasteiger partial charge on any atom is 0.433 e. The van der Waals surface area contributed by atoms with Crippen molar-refractivity contribution in [3.05, 3.63) is 47.8 Å². The predicted molar refractivity (Wildman–Crippen MR) is 102 cm³/mol. The molecule has 2 heterocycles. The molecule has 3 rings (SSSR count). The van der Waals surface area contributed by atoms with E-state index in [1.165, 1.54) is 0 Å². The summed E-state index contributed by atoms with van der Waals surface area (Å²) < 4.78 is 44.1. The molecule has 0 aliphatic carbocycles. The summed E-state index contributed by atoms with van der Waals surface area (Å²) in [5, 5.41) is 0. The molecule has 0 bridgehead atoms. The number of halogens is 3. The summed E-state index contributed by atoms with van der Waals surface area (Å²) in [6.45, 7) is 2.82. The molecule has 0 radical (unpaired) electrons. The number of nitrogens with zero attached hydrogens (tertiary/aromatic N) is 4. The van der Waals surface area contributed by atoms with Gasteiger partial charge in [0.05, 0.1) is 13.1 Å². The number of aromatic nitrogens is 2. The third-order valence-corrected chi connectivity index (χ3v) is 4.80. The summed E-state index contributed by atoms with van der Waals surface area (Å²) in [4.78, 5) is 22.5. The Labute approximate surface area is 167 Å². The molecule has 1 aromatic carbocycles. The van der Waals surface area contributed by atoms with Crippen molar-refractivity contribution in [1.82, 2.24) is 14.9 Å². The van der Waals surface area contributed by atoms with E-state index in [9.17, 15) is 18.0 Å². The third kappa shape index (κ3) is 5.16. The van der Waals surface area contributed by atoms with Gasteiger partial charge < -0.3 is 14.5 Å². The minimum atomic E-state index is -4.49. The molecule has 2 aromatic rings. The quantitative estimate of drug-likeness (QED) is 0.734. The SMILES string of the molecule is C[C@H](CC(=O)N(C)C)c1ccc(OC2CN(c3nccc(C(F)(F)F)n3)C2)cc1. The number of amides is 1. The fourth-order valence-corrected chi connectivity index (χ4v) is 2.96. The van der Waals surface area contributed by atoms with Gasteiger partial charge in [0.15, 0.2) is 0 Å². The highest BCUT2D eigenvalue weighted by atomic mass is 19.4. The topological polar surface area (TPSA) is 58.6 Å². The molecule has 1 amide bonds. The lowest BCUT2D eigenvalue weighted by Crippen LogP contribution is -2.54. The van der Waals surface area contributed by atoms with E-state index in [1.54, 1.807) is 23.9 Å². The molecule has 1 aliphatic heterocycles. The lowest BCUT2D eigenvalue weighted by atomic mass is 9.97. The van der Waals surface area contributed by atoms with E-state index in [0.717, 1.165) is 17.8 Å². The van der Waals surface area contributed by atoms with Crippen LogP contribution in [0.2, 0.25) is 0 Å². The molecule has 1 saturated heterocycles. The summed E-state index contributed by atoms with van der Waals surface area (Å²) in [5.41, 5.74) is 0.0875. The third-order valence-electron chi connectivity index (χ3n) is 4.80. The van der Waals surface area contributed by atoms with Gasteiger partial charge in [-0.1, -0.05) is 19.1 Å². The summed E-state index contributed by atoms with van der Waals surface area (Å²) >= 11 is 0. The van der Waals surface area contributed by atoms with Crippen molar-refractivity contribution >= 4 is 11.9 Å². The van der Waals surface area contributed by atoms with Crippen LogP contribution in [0.15, 0.2) is 36.5 Å². The second-order valence-electron chi connectivity index (χ2n) is 7.35. The number of carbonyl (C=O) groups is 1. The van der Waals surface area contributed by atoms with Gasteiger partial charge in [-0.25, -0.2) is 9.97 Å². The number of hydrogen-bond acceptors (Lipinski definition) is 5. The van der Waals surface area contributed by atoms with Crippen LogP contribution in [0.5, 0.6) is 5.75 Å². The number of rotatable bonds is 6. The molecule has 1 aliphatic rings. The van der Waals surface area contributed by atoms with Gasteiger partial charge in [-0.15, -0.1) is 0 Å². The Hall–Kier alpha value is -2.84. The number of benzene rings is 1. The Kier molecular flexibility index (Phi) is 5.95. The van der Waals surface area contributed by atoms with E-state index in [1.807, 2.05) is 31.2 Å². The van der Waals surface area contributed by atoms with Gasteiger partial charge in [0, 0.05) is 26.7 Å². The number of hydrogen-bond donors (Lipinski definition) is 0. The molecule has 0 unspecified atom stereocenters. The Morgan fingerprint density at radius 2 is 1.90 bits per heavy atom. The lowest BCUT2D eigenvalue weighted by molar-refractivity contribution is -0.141. The van der Waals surface area contributed by atoms with Crippen LogP contribution in [-0.2, 0) is 11.0 Å². The predicted octanol–water partition coefficient (Wildman–Crippen LogP) is 3.34. The van der Waals surface area contributed by atoms with E-state index in [2.05, 4.69) is 9.97 Å². The van der Waals surface area contributed by atoms with Crippen LogP contribution in [0.1, 0.15) is 30.5 Å². The summed E-state index contributed by atoms with van der Waals surface area (Å²) in [5.74, 6) is 0.893. The highest BCUT2D eigenvalue weighted by molar-refractivity contribution is 5.76. The largest absolute Gasteiger partial charge is 0.487 e. The first kappa shape index (κ1) is 20.9. The lowest BCUT2D eigenvalue weighted by Gasteiger charge is -2.39. The summed E-state index contributed by atoms with van der Waals surface area (Å²) in [7, 11) is 3.47. The van der Waals surface area contributed by atoms with Crippen molar-refractivity contribution in [2.75, 3.05) is 32.1 Å². The fraction of sp³-hybridized carbons (Fsp3) is 0.450. The standard InChI is InChI=1S/C20H23F3N4O2/c1-13(10-18(28)26(2)3)14-4-6-15(7-5-14)29-16-11-27(12-16)19-24-9-8-17(25-19)20(21,22)23/h4-9,13,16H,10-12H2,1-3H3/t13-/m1/s1. The molecule has 0 N–H and O–H groups in total. The molecule has 1 aromatic heterocycles. The Morgan fingerprint density at radius 1 is 1.24 bits per heavy atom. The van der Waals surface area contributed by atoms with Crippen LogP contribution in [0.3, 0.4) is 0 Å². The Bertz CT molecular complexity index is 850. The first-order chi connectivity index (χ1) is 13.6. The van der Waals surface area contributed by atoms with Crippen molar-refractivity contribution < 1.29 is 22.7 Å². The minimum absolute atomic E-state index is 0.0504. The second-order valence-corrected chi connectivity index (χ2v) is 7.35. The van der Waals surface area contributed by atoms with Crippen molar-refractivity contribution in [2.24, 2.45) is 0 Å². The normalized spacial score (nSPS) is 15.6. The zero-order valence-electron chi connectivity index (χ0n) is 16.5. The van der Waals surface area contributed by atoms with E-state index in [-0.39, 0.29) is 23.9 Å². The average Bonchev–Trinajstić information content (AvgIpc) is 2.64. The van der Waals surface area contributed by atoms with Gasteiger partial charge in [0.2, 0.25) is 11.9 Å². The van der Waals surface area contributed by atoms with Crippen molar-refractivity contribution in [1.29, 1.82) is 0 Å². The molecular weight excluding hydrogens is 385 g/mol. The number of ether oxygens (including phenoxy) is 1. The zero-order chi connectivity index (χ0) is 21.2. The zero-order valence-corrected chi connectivity index (χ0v) is 16.5. The molecular formula is C20H23F3N4O2. The van der Waals surface area contributed by atoms with Gasteiger partial charge in [-0.3, -0.25) is 4.79 Å². The second kappa shape index (κ2) is 8.26. The highest BCUT2D eigenvalue weighted by Gasteiger charge is 2.35. The van der Waals surface area contributed by atoms with Gasteiger partial charge in [0.1, 0.15) is 17.5 Å². The first-order valence-corrected chi connectivity index (χ1v) is 9.25. The minimum Gasteiger partial charge on any atom is -0.487 e. The Morgan fingerprint density at radius 3 is 2.48 bits per heavy atom. The molecule has 9 heteroatoms. The van der Waals surface area contributed by atoms with Crippen LogP contribution in [0, 0.1) is 0 Å². The van der Waals surface area contributed by atoms with Gasteiger partial charge in [0.25, 0.3) is 0 Å². The van der Waals surface area contributed by atoms with Crippen molar-refractivity contribution in [3.63, 3.8) is 0 Å². The monoisotopic (exact) mass is 408 g/mol. The number of carbonyl (C=O) groups excluding carboxylic acids is 1. The fourth-order valence-electron chi connectivity index (χ4n) is 2.96. The van der Waals surface area contributed by atoms with Crippen LogP contribution >= 0.6 is 0 Å². The number of alkyl halides is 3. The van der Waals surface area contributed by atoms with Crippen LogP contribution in [-0.4, -0.2) is 54.1 Å². The van der Waals surface area contributed by atoms with Crippen molar-refractivity contribution in [2.45, 2.75) is 31.5 Å². The highest BCUT2D eigenvalue weighted by Crippen LogP contribution is 2.29. The van der Waals surface area contributed by atoms with Crippen LogP contribution in [0.4, 0.5) is 19.1 Å². The summed E-state index contributed by atoms with van der Waals surface area (Å²) in [6, 6.07) is 8.39. The van der Waals surface area contributed by atoms with Crippen LogP contribution < -0.4 is 9.64 Å². The van der Waals surface area contributed by atoms with Crippen LogP contribution in [0.25, 0.3) is 0 Å². The molecule has 1 atom stereocenters. The molecule has 6 nitrogen and oxygen atoms in total. The van der Waals surface area contributed by atoms with Gasteiger partial charge >= 0.3 is 6.18 Å². The Balaban J connectivity index is 1.52. The van der Waals surface area contributed by atoms with E-state index in [0.29, 0.717) is 25.3 Å². The number of anilines is 1. The van der Waals surface area contributed by atoms with E-state index < -0.39 is 11.9 Å². The average molecular weight is 408 g/mol. The summed E-state index contributed by atoms with van der Waals surface area (Å²) in [6.07, 6.45) is -3.09.